The molecule has 0 fully saturated rings. The Labute approximate surface area is 466 Å². The first kappa shape index (κ1) is 70.8. The van der Waals surface area contributed by atoms with Gasteiger partial charge < -0.3 is 14.2 Å². The van der Waals surface area contributed by atoms with Gasteiger partial charge in [-0.15, -0.1) is 0 Å². The zero-order valence-electron chi connectivity index (χ0n) is 48.4. The number of hydrogen-bond acceptors (Lipinski definition) is 6. The van der Waals surface area contributed by atoms with Crippen molar-refractivity contribution < 1.29 is 28.6 Å². The predicted octanol–water partition coefficient (Wildman–Crippen LogP) is 20.7. The third-order valence-corrected chi connectivity index (χ3v) is 12.0. The average molecular weight is 1050 g/mol. The summed E-state index contributed by atoms with van der Waals surface area (Å²) in [4.78, 5) is 38.0. The van der Waals surface area contributed by atoms with Crippen molar-refractivity contribution in [1.82, 2.24) is 0 Å². The molecule has 6 heteroatoms. The summed E-state index contributed by atoms with van der Waals surface area (Å²) in [5, 5.41) is 0. The third-order valence-electron chi connectivity index (χ3n) is 12.0. The van der Waals surface area contributed by atoms with Crippen molar-refractivity contribution in [3.8, 4) is 0 Å². The lowest BCUT2D eigenvalue weighted by Crippen LogP contribution is -2.30. The summed E-state index contributed by atoms with van der Waals surface area (Å²) in [5.74, 6) is -1.03. The lowest BCUT2D eigenvalue weighted by molar-refractivity contribution is -0.166. The van der Waals surface area contributed by atoms with Crippen molar-refractivity contribution >= 4 is 17.9 Å². The summed E-state index contributed by atoms with van der Waals surface area (Å²) in [5.41, 5.74) is 0. The molecular weight excluding hydrogens is 937 g/mol. The molecule has 0 spiro atoms. The maximum Gasteiger partial charge on any atom is 0.306 e. The normalized spacial score (nSPS) is 13.4. The molecule has 1 atom stereocenters. The van der Waals surface area contributed by atoms with E-state index in [-0.39, 0.29) is 31.6 Å². The summed E-state index contributed by atoms with van der Waals surface area (Å²) in [6.07, 6.45) is 92.4. The van der Waals surface area contributed by atoms with Gasteiger partial charge in [0.25, 0.3) is 0 Å². The minimum absolute atomic E-state index is 0.119. The smallest absolute Gasteiger partial charge is 0.306 e. The number of esters is 3. The van der Waals surface area contributed by atoms with E-state index in [2.05, 4.69) is 179 Å². The van der Waals surface area contributed by atoms with Gasteiger partial charge in [0.15, 0.2) is 6.10 Å². The maximum absolute atomic E-state index is 12.8. The van der Waals surface area contributed by atoms with E-state index in [0.29, 0.717) is 19.3 Å². The van der Waals surface area contributed by atoms with E-state index in [1.807, 2.05) is 12.2 Å². The number of rotatable bonds is 52. The summed E-state index contributed by atoms with van der Waals surface area (Å²) in [6.45, 7) is 6.29. The minimum atomic E-state index is -0.831. The molecule has 0 radical (unpaired) electrons. The highest BCUT2D eigenvalue weighted by atomic mass is 16.6. The standard InChI is InChI=1S/C70H108O6/c1-4-7-10-13-16-19-21-23-25-27-29-30-31-32-33-34-35-36-37-38-39-40-42-43-45-47-49-51-54-57-60-63-69(72)75-66-67(65-74-68(71)62-59-56-53-18-15-12-9-6-3)76-70(73)64-61-58-55-52-50-48-46-44-41-28-26-24-22-20-17-14-11-8-5-2/h7-8,10-11,16-17,19-20,23-26,29-30,32-33,35-36,38-39,41-44,48,50,55,58,67H,4-6,9,12-15,18,21-22,27-28,31,34,37,40,45-47,49,51-54,56-57,59-66H2,1-3H3/b10-7-,11-8-,19-16-,20-17-,25-23-,26-24-,30-29-,33-32-,36-35-,39-38-,43-42-,44-41-,50-48-,58-55-. The van der Waals surface area contributed by atoms with Gasteiger partial charge in [-0.25, -0.2) is 0 Å². The van der Waals surface area contributed by atoms with Gasteiger partial charge in [0, 0.05) is 19.3 Å². The molecule has 0 aliphatic rings. The number of hydrogen-bond donors (Lipinski definition) is 0. The largest absolute Gasteiger partial charge is 0.462 e. The summed E-state index contributed by atoms with van der Waals surface area (Å²) < 4.78 is 16.7. The molecule has 0 aliphatic heterocycles. The van der Waals surface area contributed by atoms with Crippen molar-refractivity contribution in [1.29, 1.82) is 0 Å². The predicted molar refractivity (Wildman–Crippen MR) is 329 cm³/mol. The van der Waals surface area contributed by atoms with E-state index in [0.717, 1.165) is 141 Å². The van der Waals surface area contributed by atoms with Gasteiger partial charge in [0.1, 0.15) is 13.2 Å². The topological polar surface area (TPSA) is 78.9 Å². The van der Waals surface area contributed by atoms with E-state index in [9.17, 15) is 14.4 Å². The van der Waals surface area contributed by atoms with Crippen LogP contribution in [-0.4, -0.2) is 37.2 Å². The second-order valence-corrected chi connectivity index (χ2v) is 19.1. The van der Waals surface area contributed by atoms with Crippen molar-refractivity contribution in [2.75, 3.05) is 13.2 Å². The summed E-state index contributed by atoms with van der Waals surface area (Å²) in [6, 6.07) is 0. The molecule has 0 rings (SSSR count). The molecule has 0 heterocycles. The fourth-order valence-corrected chi connectivity index (χ4v) is 7.54. The first-order chi connectivity index (χ1) is 37.5. The van der Waals surface area contributed by atoms with Gasteiger partial charge >= 0.3 is 17.9 Å². The molecule has 0 saturated carbocycles. The van der Waals surface area contributed by atoms with E-state index in [1.165, 1.54) is 44.9 Å². The van der Waals surface area contributed by atoms with Gasteiger partial charge in [0.2, 0.25) is 0 Å². The summed E-state index contributed by atoms with van der Waals surface area (Å²) in [7, 11) is 0. The van der Waals surface area contributed by atoms with E-state index in [1.54, 1.807) is 0 Å². The molecule has 76 heavy (non-hydrogen) atoms. The van der Waals surface area contributed by atoms with Crippen molar-refractivity contribution in [2.45, 2.75) is 239 Å². The van der Waals surface area contributed by atoms with Crippen molar-refractivity contribution in [3.05, 3.63) is 170 Å². The molecule has 0 saturated heterocycles. The SMILES string of the molecule is CC/C=C\C/C=C\C/C=C\C/C=C\C/C=C\C/C=C\C/C=C\C/C=C\CCCCCCCCC(=O)OCC(COC(=O)CCCCCCCCCC)OC(=O)CC/C=C\C/C=C\C/C=C\C/C=C\C/C=C\C/C=C\CC. The Morgan fingerprint density at radius 1 is 0.276 bits per heavy atom. The monoisotopic (exact) mass is 1040 g/mol. The highest BCUT2D eigenvalue weighted by Crippen LogP contribution is 2.13. The van der Waals surface area contributed by atoms with Crippen LogP contribution < -0.4 is 0 Å². The van der Waals surface area contributed by atoms with Crippen LogP contribution >= 0.6 is 0 Å². The minimum Gasteiger partial charge on any atom is -0.462 e. The van der Waals surface area contributed by atoms with Crippen LogP contribution in [0.15, 0.2) is 170 Å². The number of carbonyl (C=O) groups is 3. The Morgan fingerprint density at radius 2 is 0.539 bits per heavy atom. The van der Waals surface area contributed by atoms with Gasteiger partial charge in [-0.2, -0.15) is 0 Å². The number of allylic oxidation sites excluding steroid dienone is 28. The van der Waals surface area contributed by atoms with Crippen LogP contribution in [0.4, 0.5) is 0 Å². The van der Waals surface area contributed by atoms with Crippen LogP contribution in [0.25, 0.3) is 0 Å². The molecule has 0 aromatic rings. The second-order valence-electron chi connectivity index (χ2n) is 19.1. The van der Waals surface area contributed by atoms with Crippen LogP contribution in [0.3, 0.4) is 0 Å². The fraction of sp³-hybridized carbons (Fsp3) is 0.557. The van der Waals surface area contributed by atoms with Gasteiger partial charge in [-0.3, -0.25) is 14.4 Å². The average Bonchev–Trinajstić information content (AvgIpc) is 3.42. The number of unbranched alkanes of at least 4 members (excludes halogenated alkanes) is 13. The van der Waals surface area contributed by atoms with E-state index in [4.69, 9.17) is 14.2 Å². The molecular formula is C70H108O6. The Hall–Kier alpha value is -5.23. The summed E-state index contributed by atoms with van der Waals surface area (Å²) >= 11 is 0. The lowest BCUT2D eigenvalue weighted by Gasteiger charge is -2.18. The molecule has 0 aromatic carbocycles. The third kappa shape index (κ3) is 59.6. The zero-order valence-corrected chi connectivity index (χ0v) is 48.4. The van der Waals surface area contributed by atoms with Gasteiger partial charge in [-0.1, -0.05) is 262 Å². The number of ether oxygens (including phenoxy) is 3. The Balaban J connectivity index is 4.35. The van der Waals surface area contributed by atoms with Crippen LogP contribution in [-0.2, 0) is 28.6 Å². The highest BCUT2D eigenvalue weighted by Gasteiger charge is 2.19. The van der Waals surface area contributed by atoms with Crippen LogP contribution in [0, 0.1) is 0 Å². The molecule has 6 nitrogen and oxygen atoms in total. The molecule has 0 amide bonds. The lowest BCUT2D eigenvalue weighted by atomic mass is 10.1. The Morgan fingerprint density at radius 3 is 0.855 bits per heavy atom. The van der Waals surface area contributed by atoms with Crippen molar-refractivity contribution in [3.63, 3.8) is 0 Å². The first-order valence-electron chi connectivity index (χ1n) is 30.1. The number of carbonyl (C=O) groups excluding carboxylic acids is 3. The van der Waals surface area contributed by atoms with Gasteiger partial charge in [0.05, 0.1) is 0 Å². The quantitative estimate of drug-likeness (QED) is 0.0261. The second kappa shape index (κ2) is 62.3. The highest BCUT2D eigenvalue weighted by molar-refractivity contribution is 5.71. The Bertz CT molecular complexity index is 1770. The van der Waals surface area contributed by atoms with Crippen LogP contribution in [0.5, 0.6) is 0 Å². The van der Waals surface area contributed by atoms with Crippen LogP contribution in [0.2, 0.25) is 0 Å². The fourth-order valence-electron chi connectivity index (χ4n) is 7.54. The maximum atomic E-state index is 12.8. The molecule has 1 unspecified atom stereocenters. The van der Waals surface area contributed by atoms with Crippen LogP contribution in [0.1, 0.15) is 233 Å². The van der Waals surface area contributed by atoms with E-state index >= 15 is 0 Å². The van der Waals surface area contributed by atoms with Gasteiger partial charge in [-0.05, 0) is 122 Å². The first-order valence-corrected chi connectivity index (χ1v) is 30.1. The zero-order chi connectivity index (χ0) is 55.0. The molecule has 0 aliphatic carbocycles. The molecule has 0 bridgehead atoms. The van der Waals surface area contributed by atoms with Crippen molar-refractivity contribution in [2.24, 2.45) is 0 Å². The molecule has 0 N–H and O–H groups in total. The molecule has 0 aromatic heterocycles. The van der Waals surface area contributed by atoms with E-state index < -0.39 is 12.1 Å². The molecule has 424 valence electrons. The Kier molecular flexibility index (Phi) is 58.0.